The van der Waals surface area contributed by atoms with Gasteiger partial charge in [-0.25, -0.2) is 8.42 Å². The van der Waals surface area contributed by atoms with E-state index in [1.807, 2.05) is 0 Å². The highest BCUT2D eigenvalue weighted by Gasteiger charge is 2.41. The first-order valence-electron chi connectivity index (χ1n) is 1.26. The zero-order valence-corrected chi connectivity index (χ0v) is 5.56. The van der Waals surface area contributed by atoms with Gasteiger partial charge < -0.3 is 0 Å². The Morgan fingerprint density at radius 3 is 1.50 bits per heavy atom. The maximum Gasteiger partial charge on any atom is 0.436 e. The SMILES string of the molecule is O=S(=O)(Cl)C(F)(F)Cl. The molecule has 0 aliphatic rings. The molecule has 0 bridgehead atoms. The number of alkyl halides is 3. The second-order valence-electron chi connectivity index (χ2n) is 0.884. The Bertz CT molecular complexity index is 167. The summed E-state index contributed by atoms with van der Waals surface area (Å²) in [6.07, 6.45) is 0. The zero-order chi connectivity index (χ0) is 7.00. The smallest absolute Gasteiger partial charge is 0.204 e. The van der Waals surface area contributed by atoms with Crippen LogP contribution in [0.25, 0.3) is 0 Å². The molecule has 0 heterocycles. The second kappa shape index (κ2) is 1.97. The highest BCUT2D eigenvalue weighted by Crippen LogP contribution is 2.29. The van der Waals surface area contributed by atoms with E-state index in [0.717, 1.165) is 0 Å². The molecule has 0 aromatic rings. The molecule has 0 aromatic heterocycles. The molecule has 0 spiro atoms. The Morgan fingerprint density at radius 1 is 1.38 bits per heavy atom. The predicted molar refractivity (Wildman–Crippen MR) is 25.6 cm³/mol. The molecule has 8 heavy (non-hydrogen) atoms. The van der Waals surface area contributed by atoms with Crippen molar-refractivity contribution in [3.05, 3.63) is 0 Å². The third kappa shape index (κ3) is 2.11. The van der Waals surface area contributed by atoms with Crippen molar-refractivity contribution in [3.63, 3.8) is 0 Å². The van der Waals surface area contributed by atoms with Crippen molar-refractivity contribution in [2.45, 2.75) is 4.71 Å². The molecular weight excluding hydrogens is 185 g/mol. The fourth-order valence-corrected chi connectivity index (χ4v) is 0. The number of rotatable bonds is 1. The van der Waals surface area contributed by atoms with Gasteiger partial charge in [0.2, 0.25) is 0 Å². The minimum absolute atomic E-state index is 3.96. The lowest BCUT2D eigenvalue weighted by Crippen LogP contribution is -2.14. The summed E-state index contributed by atoms with van der Waals surface area (Å²) in [5, 5.41) is 0. The van der Waals surface area contributed by atoms with Crippen molar-refractivity contribution in [2.75, 3.05) is 0 Å². The van der Waals surface area contributed by atoms with Gasteiger partial charge in [-0.2, -0.15) is 8.78 Å². The summed E-state index contributed by atoms with van der Waals surface area (Å²) in [5.41, 5.74) is 0. The summed E-state index contributed by atoms with van der Waals surface area (Å²) in [6.45, 7) is 0. The van der Waals surface area contributed by atoms with E-state index >= 15 is 0 Å². The monoisotopic (exact) mass is 184 g/mol. The molecule has 7 heteroatoms. The summed E-state index contributed by atoms with van der Waals surface area (Å²) >= 11 is 3.96. The van der Waals surface area contributed by atoms with E-state index < -0.39 is 13.8 Å². The summed E-state index contributed by atoms with van der Waals surface area (Å²) in [5.74, 6) is 0. The van der Waals surface area contributed by atoms with Crippen LogP contribution >= 0.6 is 22.3 Å². The maximum atomic E-state index is 11.3. The minimum Gasteiger partial charge on any atom is -0.204 e. The predicted octanol–water partition coefficient (Wildman–Crippen LogP) is 1.34. The van der Waals surface area contributed by atoms with Gasteiger partial charge in [0, 0.05) is 10.7 Å². The first kappa shape index (κ1) is 8.39. The summed E-state index contributed by atoms with van der Waals surface area (Å²) in [6, 6.07) is 0. The fraction of sp³-hybridized carbons (Fsp3) is 1.00. The van der Waals surface area contributed by atoms with Gasteiger partial charge in [-0.1, -0.05) is 0 Å². The lowest BCUT2D eigenvalue weighted by atomic mass is 11.6. The Balaban J connectivity index is 4.53. The van der Waals surface area contributed by atoms with Gasteiger partial charge in [0.05, 0.1) is 0 Å². The lowest BCUT2D eigenvalue weighted by Gasteiger charge is -1.98. The quantitative estimate of drug-likeness (QED) is 0.456. The van der Waals surface area contributed by atoms with Crippen LogP contribution in [0.15, 0.2) is 0 Å². The molecule has 0 unspecified atom stereocenters. The average Bonchev–Trinajstić information content (AvgIpc) is 1.25. The Morgan fingerprint density at radius 2 is 1.50 bits per heavy atom. The normalized spacial score (nSPS) is 14.0. The van der Waals surface area contributed by atoms with Crippen LogP contribution in [0.2, 0.25) is 0 Å². The maximum absolute atomic E-state index is 11.3. The van der Waals surface area contributed by atoms with Crippen LogP contribution < -0.4 is 0 Å². The van der Waals surface area contributed by atoms with Gasteiger partial charge in [0.15, 0.2) is 0 Å². The van der Waals surface area contributed by atoms with Crippen LogP contribution in [-0.2, 0) is 9.05 Å². The standard InChI is InChI=1S/CCl2F2O2S/c2-1(4,5)8(3,6)7. The Labute approximate surface area is 53.8 Å². The largest absolute Gasteiger partial charge is 0.436 e. The van der Waals surface area contributed by atoms with E-state index in [1.54, 1.807) is 0 Å². The summed E-state index contributed by atoms with van der Waals surface area (Å²) in [7, 11) is -0.836. The van der Waals surface area contributed by atoms with Gasteiger partial charge in [-0.15, -0.1) is 0 Å². The van der Waals surface area contributed by atoms with Crippen molar-refractivity contribution < 1.29 is 17.2 Å². The molecule has 2 nitrogen and oxygen atoms in total. The van der Waals surface area contributed by atoms with E-state index in [0.29, 0.717) is 0 Å². The van der Waals surface area contributed by atoms with E-state index in [-0.39, 0.29) is 0 Å². The average molecular weight is 185 g/mol. The molecular formula is CCl2F2O2S. The van der Waals surface area contributed by atoms with Gasteiger partial charge in [-0.3, -0.25) is 0 Å². The third-order valence-corrected chi connectivity index (χ3v) is 2.26. The zero-order valence-electron chi connectivity index (χ0n) is 3.24. The van der Waals surface area contributed by atoms with E-state index in [1.165, 1.54) is 0 Å². The molecule has 0 saturated heterocycles. The molecule has 0 aliphatic carbocycles. The van der Waals surface area contributed by atoms with Gasteiger partial charge in [0.25, 0.3) is 0 Å². The topological polar surface area (TPSA) is 34.1 Å². The molecule has 0 radical (unpaired) electrons. The van der Waals surface area contributed by atoms with Crippen LogP contribution in [0.5, 0.6) is 0 Å². The van der Waals surface area contributed by atoms with Crippen LogP contribution in [0.3, 0.4) is 0 Å². The first-order chi connectivity index (χ1) is 3.25. The minimum atomic E-state index is -4.94. The number of halogens is 4. The molecule has 0 aliphatic heterocycles. The van der Waals surface area contributed by atoms with E-state index in [2.05, 4.69) is 22.3 Å². The van der Waals surface area contributed by atoms with E-state index in [9.17, 15) is 17.2 Å². The second-order valence-corrected chi connectivity index (χ2v) is 4.19. The lowest BCUT2D eigenvalue weighted by molar-refractivity contribution is 0.190. The molecule has 50 valence electrons. The van der Waals surface area contributed by atoms with Crippen molar-refractivity contribution >= 4 is 31.3 Å². The first-order valence-corrected chi connectivity index (χ1v) is 3.95. The van der Waals surface area contributed by atoms with Crippen molar-refractivity contribution in [1.29, 1.82) is 0 Å². The summed E-state index contributed by atoms with van der Waals surface area (Å²) < 4.78 is 37.3. The van der Waals surface area contributed by atoms with Gasteiger partial charge in [0.1, 0.15) is 0 Å². The van der Waals surface area contributed by atoms with Gasteiger partial charge >= 0.3 is 13.8 Å². The van der Waals surface area contributed by atoms with E-state index in [4.69, 9.17) is 0 Å². The van der Waals surface area contributed by atoms with Crippen LogP contribution in [0, 0.1) is 0 Å². The van der Waals surface area contributed by atoms with Gasteiger partial charge in [-0.05, 0) is 11.6 Å². The number of hydrogen-bond acceptors (Lipinski definition) is 2. The highest BCUT2D eigenvalue weighted by molar-refractivity contribution is 8.15. The highest BCUT2D eigenvalue weighted by atomic mass is 35.7. The molecule has 0 atom stereocenters. The fourth-order valence-electron chi connectivity index (χ4n) is 0. The Hall–Kier alpha value is 0.390. The van der Waals surface area contributed by atoms with Crippen molar-refractivity contribution in [3.8, 4) is 0 Å². The van der Waals surface area contributed by atoms with Crippen LogP contribution in [-0.4, -0.2) is 13.1 Å². The molecule has 0 aromatic carbocycles. The number of hydrogen-bond donors (Lipinski definition) is 0. The van der Waals surface area contributed by atoms with Crippen molar-refractivity contribution in [1.82, 2.24) is 0 Å². The third-order valence-electron chi connectivity index (χ3n) is 0.276. The molecule has 0 saturated carbocycles. The Kier molecular flexibility index (Phi) is 2.06. The summed E-state index contributed by atoms with van der Waals surface area (Å²) in [4.78, 5) is 0. The molecule has 0 N–H and O–H groups in total. The van der Waals surface area contributed by atoms with Crippen LogP contribution in [0.4, 0.5) is 8.78 Å². The van der Waals surface area contributed by atoms with Crippen LogP contribution in [0.1, 0.15) is 0 Å². The molecule has 0 fully saturated rings. The van der Waals surface area contributed by atoms with Crippen molar-refractivity contribution in [2.24, 2.45) is 0 Å². The molecule has 0 amide bonds. The molecule has 0 rings (SSSR count).